The number of nitrogens with one attached hydrogen (secondary N) is 1. The second-order valence-electron chi connectivity index (χ2n) is 17.0. The second kappa shape index (κ2) is 20.2. The van der Waals surface area contributed by atoms with E-state index in [-0.39, 0.29) is 38.7 Å². The first kappa shape index (κ1) is 45.1. The van der Waals surface area contributed by atoms with Crippen molar-refractivity contribution in [3.8, 4) is 17.6 Å². The van der Waals surface area contributed by atoms with Gasteiger partial charge < -0.3 is 29.4 Å². The van der Waals surface area contributed by atoms with E-state index >= 15 is 14.4 Å². The third-order valence-electron chi connectivity index (χ3n) is 13.1. The van der Waals surface area contributed by atoms with E-state index < -0.39 is 59.4 Å². The van der Waals surface area contributed by atoms with E-state index in [1.54, 1.807) is 36.5 Å². The Labute approximate surface area is 389 Å². The molecule has 4 aliphatic rings. The Hall–Kier alpha value is -7.11. The molecular weight excluding hydrogens is 849 g/mol. The highest BCUT2D eigenvalue weighted by atomic mass is 16.6. The topological polar surface area (TPSA) is 157 Å². The quantitative estimate of drug-likeness (QED) is 0.0706. The largest absolute Gasteiger partial charge is 0.491 e. The molecule has 2 saturated heterocycles. The number of nitrogens with zero attached hydrogens (tertiary/aromatic N) is 3. The van der Waals surface area contributed by atoms with Gasteiger partial charge in [-0.1, -0.05) is 96.8 Å². The van der Waals surface area contributed by atoms with E-state index in [1.807, 2.05) is 95.9 Å². The molecule has 2 fully saturated rings. The Morgan fingerprint density at radius 1 is 0.851 bits per heavy atom. The fourth-order valence-electron chi connectivity index (χ4n) is 10.2. The molecule has 1 spiro atoms. The molecule has 1 aromatic heterocycles. The number of morpholine rings is 1. The van der Waals surface area contributed by atoms with Crippen molar-refractivity contribution in [1.82, 2.24) is 15.2 Å². The molecule has 13 nitrogen and oxygen atoms in total. The number of rotatable bonds is 13. The number of amides is 3. The molecule has 342 valence electrons. The average Bonchev–Trinajstić information content (AvgIpc) is 3.82. The molecule has 0 bridgehead atoms. The summed E-state index contributed by atoms with van der Waals surface area (Å²) in [4.78, 5) is 69.2. The number of esters is 1. The van der Waals surface area contributed by atoms with Gasteiger partial charge in [0.25, 0.3) is 0 Å². The highest BCUT2D eigenvalue weighted by Gasteiger charge is 2.75. The molecule has 67 heavy (non-hydrogen) atoms. The van der Waals surface area contributed by atoms with Crippen molar-refractivity contribution in [2.24, 2.45) is 5.92 Å². The Bertz CT molecular complexity index is 2690. The summed E-state index contributed by atoms with van der Waals surface area (Å²) in [6, 6.07) is 33.6. The minimum absolute atomic E-state index is 0.0507. The van der Waals surface area contributed by atoms with E-state index in [1.165, 1.54) is 7.11 Å². The highest BCUT2D eigenvalue weighted by Crippen LogP contribution is 2.66. The van der Waals surface area contributed by atoms with Crippen molar-refractivity contribution in [2.45, 2.75) is 61.7 Å². The first-order valence-corrected chi connectivity index (χ1v) is 22.8. The summed E-state index contributed by atoms with van der Waals surface area (Å²) < 4.78 is 23.3. The lowest BCUT2D eigenvalue weighted by molar-refractivity contribution is -0.178. The summed E-state index contributed by atoms with van der Waals surface area (Å²) in [6.07, 6.45) is 6.26. The van der Waals surface area contributed by atoms with Gasteiger partial charge in [-0.3, -0.25) is 24.3 Å². The molecule has 13 heteroatoms. The Morgan fingerprint density at radius 2 is 1.61 bits per heavy atom. The Morgan fingerprint density at radius 3 is 2.31 bits per heavy atom. The van der Waals surface area contributed by atoms with E-state index in [4.69, 9.17) is 18.9 Å². The molecule has 1 aliphatic carbocycles. The number of allylic oxidation sites excluding steroid dienone is 2. The number of ether oxygens (including phenoxy) is 4. The molecule has 4 heterocycles. The third kappa shape index (κ3) is 8.71. The van der Waals surface area contributed by atoms with Crippen LogP contribution in [-0.2, 0) is 40.4 Å². The van der Waals surface area contributed by atoms with Crippen LogP contribution in [0.5, 0.6) is 5.75 Å². The van der Waals surface area contributed by atoms with E-state index in [9.17, 15) is 9.90 Å². The number of cyclic esters (lactones) is 1. The SMILES string of the molecule is COCCOC(=O)N1C(=O)[C@@]2(c3cc(C#CC4=CCCCC4)ccc31)[C@H](C(=O)NCCc1ccccn1)[C@H]1C(=O)O[C@H](c3ccccc3)[C@H](c3ccccc3)N1[C@@H]2c1ccc(OCCO)cc1. The van der Waals surface area contributed by atoms with Gasteiger partial charge in [0.2, 0.25) is 11.8 Å². The number of fused-ring (bicyclic) bond motifs is 3. The molecular formula is C54H52N4O9. The number of hydrogen-bond donors (Lipinski definition) is 2. The van der Waals surface area contributed by atoms with Crippen LogP contribution in [0.2, 0.25) is 0 Å². The van der Waals surface area contributed by atoms with Gasteiger partial charge in [0.05, 0.1) is 36.9 Å². The summed E-state index contributed by atoms with van der Waals surface area (Å²) in [5, 5.41) is 12.7. The van der Waals surface area contributed by atoms with Crippen LogP contribution in [-0.4, -0.2) is 85.0 Å². The average molecular weight is 901 g/mol. The third-order valence-corrected chi connectivity index (χ3v) is 13.1. The van der Waals surface area contributed by atoms with Crippen molar-refractivity contribution in [3.05, 3.63) is 173 Å². The van der Waals surface area contributed by atoms with Gasteiger partial charge in [0, 0.05) is 37.5 Å². The van der Waals surface area contributed by atoms with Gasteiger partial charge in [-0.25, -0.2) is 9.69 Å². The Balaban J connectivity index is 1.31. The maximum atomic E-state index is 16.4. The molecule has 0 radical (unpaired) electrons. The molecule has 9 rings (SSSR count). The Kier molecular flexibility index (Phi) is 13.6. The van der Waals surface area contributed by atoms with E-state index in [0.29, 0.717) is 34.4 Å². The zero-order chi connectivity index (χ0) is 46.3. The fraction of sp³-hybridized carbons (Fsp3) is 0.315. The molecule has 6 atom stereocenters. The zero-order valence-corrected chi connectivity index (χ0v) is 37.2. The monoisotopic (exact) mass is 900 g/mol. The number of aromatic nitrogens is 1. The second-order valence-corrected chi connectivity index (χ2v) is 17.0. The summed E-state index contributed by atoms with van der Waals surface area (Å²) >= 11 is 0. The van der Waals surface area contributed by atoms with Crippen LogP contribution in [0.1, 0.15) is 77.4 Å². The van der Waals surface area contributed by atoms with Crippen LogP contribution in [0, 0.1) is 17.8 Å². The number of carbonyl (C=O) groups is 4. The first-order valence-electron chi connectivity index (χ1n) is 22.8. The van der Waals surface area contributed by atoms with Crippen molar-refractivity contribution < 1.29 is 43.2 Å². The van der Waals surface area contributed by atoms with Crippen LogP contribution < -0.4 is 15.0 Å². The number of carbonyl (C=O) groups excluding carboxylic acids is 4. The van der Waals surface area contributed by atoms with Crippen LogP contribution in [0.4, 0.5) is 10.5 Å². The number of benzene rings is 4. The van der Waals surface area contributed by atoms with Crippen molar-refractivity contribution in [2.75, 3.05) is 45.0 Å². The standard InChI is InChI=1S/C54H52N4O9/c1-64-33-34-66-53(63)57-44-27-22-37(21-20-36-13-5-2-6-14-36)35-43(44)54(52(57)62)45(50(60)56-30-28-41-19-11-12-29-55-41)47-51(61)67-48(39-17-9-4-10-18-39)46(38-15-7-3-8-16-38)58(47)49(54)40-23-25-42(26-24-40)65-32-31-59/h3-4,7-13,15-19,22-27,29,35,45-49,59H,2,5-6,14,28,30-34H2,1H3,(H,56,60)/t45-,46-,47-,48+,49+,54-/m0/s1. The molecule has 3 aliphatic heterocycles. The lowest BCUT2D eigenvalue weighted by Crippen LogP contribution is -2.56. The van der Waals surface area contributed by atoms with E-state index in [2.05, 4.69) is 28.2 Å². The number of anilines is 1. The van der Waals surface area contributed by atoms with Gasteiger partial charge >= 0.3 is 12.1 Å². The maximum Gasteiger partial charge on any atom is 0.421 e. The molecule has 0 unspecified atom stereocenters. The highest BCUT2D eigenvalue weighted by molar-refractivity contribution is 6.23. The predicted octanol–water partition coefficient (Wildman–Crippen LogP) is 7.11. The van der Waals surface area contributed by atoms with Gasteiger partial charge in [-0.15, -0.1) is 0 Å². The first-order chi connectivity index (χ1) is 32.8. The van der Waals surface area contributed by atoms with Crippen molar-refractivity contribution in [1.29, 1.82) is 0 Å². The zero-order valence-electron chi connectivity index (χ0n) is 37.2. The molecule has 5 aromatic rings. The van der Waals surface area contributed by atoms with Crippen LogP contribution in [0.3, 0.4) is 0 Å². The van der Waals surface area contributed by atoms with Crippen molar-refractivity contribution >= 4 is 29.6 Å². The number of methoxy groups -OCH3 is 1. The van der Waals surface area contributed by atoms with Crippen LogP contribution in [0.15, 0.2) is 139 Å². The number of aliphatic hydroxyl groups excluding tert-OH is 1. The predicted molar refractivity (Wildman–Crippen MR) is 249 cm³/mol. The van der Waals surface area contributed by atoms with Gasteiger partial charge in [-0.05, 0) is 96.0 Å². The molecule has 2 N–H and O–H groups in total. The summed E-state index contributed by atoms with van der Waals surface area (Å²) in [5.74, 6) is 3.63. The fourth-order valence-corrected chi connectivity index (χ4v) is 10.2. The molecule has 0 saturated carbocycles. The van der Waals surface area contributed by atoms with Crippen molar-refractivity contribution in [3.63, 3.8) is 0 Å². The van der Waals surface area contributed by atoms with Gasteiger partial charge in [-0.2, -0.15) is 0 Å². The lowest BCUT2D eigenvalue weighted by atomic mass is 9.65. The number of imide groups is 1. The van der Waals surface area contributed by atoms with Crippen LogP contribution in [0.25, 0.3) is 0 Å². The molecule has 4 aromatic carbocycles. The van der Waals surface area contributed by atoms with Gasteiger partial charge in [0.15, 0.2) is 0 Å². The minimum atomic E-state index is -1.98. The summed E-state index contributed by atoms with van der Waals surface area (Å²) in [5.41, 5.74) is 2.92. The van der Waals surface area contributed by atoms with Gasteiger partial charge in [0.1, 0.15) is 36.5 Å². The van der Waals surface area contributed by atoms with E-state index in [0.717, 1.165) is 47.4 Å². The number of hydrogen-bond acceptors (Lipinski definition) is 11. The smallest absolute Gasteiger partial charge is 0.421 e. The minimum Gasteiger partial charge on any atom is -0.491 e. The maximum absolute atomic E-state index is 16.4. The van der Waals surface area contributed by atoms with Crippen LogP contribution >= 0.6 is 0 Å². The number of pyridine rings is 1. The summed E-state index contributed by atoms with van der Waals surface area (Å²) in [7, 11) is 1.48. The lowest BCUT2D eigenvalue weighted by Gasteiger charge is -2.46. The number of aliphatic hydroxyl groups is 1. The normalized spacial score (nSPS) is 23.0. The summed E-state index contributed by atoms with van der Waals surface area (Å²) in [6.45, 7) is -0.0930. The molecule has 3 amide bonds.